The van der Waals surface area contributed by atoms with Crippen LogP contribution in [0.15, 0.2) is 78.9 Å². The molecule has 4 nitrogen and oxygen atoms in total. The van der Waals surface area contributed by atoms with Gasteiger partial charge in [0.2, 0.25) is 0 Å². The lowest BCUT2D eigenvalue weighted by atomic mass is 9.89. The van der Waals surface area contributed by atoms with E-state index in [2.05, 4.69) is 49.2 Å². The first kappa shape index (κ1) is 23.0. The Bertz CT molecular complexity index is 1600. The van der Waals surface area contributed by atoms with E-state index in [0.717, 1.165) is 67.9 Å². The molecule has 0 fully saturated rings. The van der Waals surface area contributed by atoms with Crippen molar-refractivity contribution >= 4 is 45.9 Å². The predicted molar refractivity (Wildman–Crippen MR) is 150 cm³/mol. The molecule has 1 aliphatic rings. The highest BCUT2D eigenvalue weighted by molar-refractivity contribution is 6.31. The first-order chi connectivity index (χ1) is 17.5. The number of para-hydroxylation sites is 1. The Balaban J connectivity index is 1.68. The summed E-state index contributed by atoms with van der Waals surface area (Å²) in [4.78, 5) is 7.63. The average molecular weight is 511 g/mol. The van der Waals surface area contributed by atoms with Crippen LogP contribution in [-0.2, 0) is 6.54 Å². The number of rotatable bonds is 3. The molecule has 3 heterocycles. The van der Waals surface area contributed by atoms with Crippen LogP contribution in [0.1, 0.15) is 22.5 Å². The molecular formula is C30H24Cl2N4. The van der Waals surface area contributed by atoms with Crippen molar-refractivity contribution in [3.8, 4) is 16.8 Å². The van der Waals surface area contributed by atoms with Gasteiger partial charge < -0.3 is 0 Å². The first-order valence-electron chi connectivity index (χ1n) is 11.9. The number of likely N-dealkylation sites (N-methyl/N-ethyl adjacent to an activating group) is 1. The van der Waals surface area contributed by atoms with Crippen LogP contribution in [0, 0.1) is 6.92 Å². The minimum absolute atomic E-state index is 0.718. The number of aromatic nitrogens is 3. The van der Waals surface area contributed by atoms with Gasteiger partial charge in [0, 0.05) is 34.3 Å². The fourth-order valence-corrected chi connectivity index (χ4v) is 5.28. The molecule has 0 amide bonds. The summed E-state index contributed by atoms with van der Waals surface area (Å²) in [6, 6.07) is 26.2. The fourth-order valence-electron chi connectivity index (χ4n) is 5.02. The van der Waals surface area contributed by atoms with Crippen molar-refractivity contribution in [3.05, 3.63) is 111 Å². The van der Waals surface area contributed by atoms with Crippen molar-refractivity contribution in [1.29, 1.82) is 0 Å². The maximum Gasteiger partial charge on any atom is 0.164 e. The molecule has 0 saturated heterocycles. The Morgan fingerprint density at radius 2 is 1.50 bits per heavy atom. The highest BCUT2D eigenvalue weighted by Gasteiger charge is 2.28. The molecule has 6 rings (SSSR count). The molecule has 178 valence electrons. The zero-order valence-electron chi connectivity index (χ0n) is 20.0. The second-order valence-electron chi connectivity index (χ2n) is 9.25. The third-order valence-electron chi connectivity index (χ3n) is 6.61. The molecule has 5 aromatic rings. The van der Waals surface area contributed by atoms with Crippen molar-refractivity contribution in [2.45, 2.75) is 13.5 Å². The van der Waals surface area contributed by atoms with Gasteiger partial charge in [-0.15, -0.1) is 0 Å². The third-order valence-corrected chi connectivity index (χ3v) is 7.11. The van der Waals surface area contributed by atoms with E-state index < -0.39 is 0 Å². The summed E-state index contributed by atoms with van der Waals surface area (Å²) < 4.78 is 1.96. The van der Waals surface area contributed by atoms with Gasteiger partial charge in [-0.05, 0) is 73.1 Å². The van der Waals surface area contributed by atoms with E-state index in [1.54, 1.807) is 0 Å². The SMILES string of the molecule is Cc1nn(-c2ccccc2)c2nc3c(c(-c4ccc(Cl)cc4)c12)CN(C)C/C3=C/c1ccc(Cl)cc1. The number of nitrogens with zero attached hydrogens (tertiary/aromatic N) is 4. The first-order valence-corrected chi connectivity index (χ1v) is 12.6. The van der Waals surface area contributed by atoms with Gasteiger partial charge in [0.05, 0.1) is 22.5 Å². The topological polar surface area (TPSA) is 34.0 Å². The maximum atomic E-state index is 6.27. The van der Waals surface area contributed by atoms with E-state index in [9.17, 15) is 0 Å². The van der Waals surface area contributed by atoms with Crippen molar-refractivity contribution in [3.63, 3.8) is 0 Å². The lowest BCUT2D eigenvalue weighted by Crippen LogP contribution is -2.27. The van der Waals surface area contributed by atoms with Gasteiger partial charge in [-0.1, -0.05) is 65.7 Å². The summed E-state index contributed by atoms with van der Waals surface area (Å²) in [6.07, 6.45) is 2.21. The fraction of sp³-hybridized carbons (Fsp3) is 0.133. The molecule has 1 aliphatic heterocycles. The third kappa shape index (κ3) is 4.11. The van der Waals surface area contributed by atoms with Gasteiger partial charge in [-0.2, -0.15) is 5.10 Å². The van der Waals surface area contributed by atoms with Crippen LogP contribution in [0.25, 0.3) is 39.5 Å². The van der Waals surface area contributed by atoms with E-state index in [1.165, 1.54) is 11.1 Å². The van der Waals surface area contributed by atoms with Crippen LogP contribution >= 0.6 is 23.2 Å². The normalized spacial score (nSPS) is 14.9. The number of pyridine rings is 1. The molecule has 0 bridgehead atoms. The Hall–Kier alpha value is -3.44. The zero-order chi connectivity index (χ0) is 24.8. The molecule has 36 heavy (non-hydrogen) atoms. The number of fused-ring (bicyclic) bond motifs is 2. The summed E-state index contributed by atoms with van der Waals surface area (Å²) in [5.41, 5.74) is 9.54. The largest absolute Gasteiger partial charge is 0.298 e. The Labute approximate surface area is 220 Å². The van der Waals surface area contributed by atoms with Crippen LogP contribution < -0.4 is 0 Å². The number of aryl methyl sites for hydroxylation is 1. The van der Waals surface area contributed by atoms with Crippen molar-refractivity contribution < 1.29 is 0 Å². The number of hydrogen-bond acceptors (Lipinski definition) is 3. The Morgan fingerprint density at radius 3 is 2.19 bits per heavy atom. The molecule has 6 heteroatoms. The molecule has 3 aromatic carbocycles. The van der Waals surface area contributed by atoms with Crippen LogP contribution in [0.2, 0.25) is 10.0 Å². The van der Waals surface area contributed by atoms with E-state index in [1.807, 2.05) is 59.3 Å². The Morgan fingerprint density at radius 1 is 0.833 bits per heavy atom. The maximum absolute atomic E-state index is 6.27. The van der Waals surface area contributed by atoms with Crippen LogP contribution in [-0.4, -0.2) is 33.3 Å². The molecule has 2 aromatic heterocycles. The number of hydrogen-bond donors (Lipinski definition) is 0. The van der Waals surface area contributed by atoms with Gasteiger partial charge in [0.15, 0.2) is 5.65 Å². The lowest BCUT2D eigenvalue weighted by Gasteiger charge is -2.29. The number of benzene rings is 3. The standard InChI is InChI=1S/C30H24Cl2N4/c1-19-27-28(21-10-14-24(32)15-11-21)26-18-35(2)17-22(16-20-8-12-23(31)13-9-20)29(26)33-30(27)36(34-19)25-6-4-3-5-7-25/h3-16H,17-18H2,1-2H3/b22-16-. The minimum Gasteiger partial charge on any atom is -0.298 e. The van der Waals surface area contributed by atoms with Gasteiger partial charge in [0.1, 0.15) is 0 Å². The second-order valence-corrected chi connectivity index (χ2v) is 10.1. The lowest BCUT2D eigenvalue weighted by molar-refractivity contribution is 0.359. The van der Waals surface area contributed by atoms with Gasteiger partial charge in [-0.25, -0.2) is 9.67 Å². The van der Waals surface area contributed by atoms with E-state index >= 15 is 0 Å². The second kappa shape index (κ2) is 9.21. The molecule has 0 atom stereocenters. The summed E-state index contributed by atoms with van der Waals surface area (Å²) in [6.45, 7) is 3.66. The molecule has 0 unspecified atom stereocenters. The molecular weight excluding hydrogens is 487 g/mol. The van der Waals surface area contributed by atoms with Gasteiger partial charge >= 0.3 is 0 Å². The van der Waals surface area contributed by atoms with E-state index in [0.29, 0.717) is 0 Å². The molecule has 0 saturated carbocycles. The Kier molecular flexibility index (Phi) is 5.88. The highest BCUT2D eigenvalue weighted by Crippen LogP contribution is 2.41. The molecule has 0 radical (unpaired) electrons. The van der Waals surface area contributed by atoms with Crippen molar-refractivity contribution in [2.24, 2.45) is 0 Å². The minimum atomic E-state index is 0.718. The zero-order valence-corrected chi connectivity index (χ0v) is 21.6. The van der Waals surface area contributed by atoms with Crippen LogP contribution in [0.5, 0.6) is 0 Å². The smallest absolute Gasteiger partial charge is 0.164 e. The quantitative estimate of drug-likeness (QED) is 0.249. The highest BCUT2D eigenvalue weighted by atomic mass is 35.5. The summed E-state index contributed by atoms with van der Waals surface area (Å²) in [5, 5.41) is 7.47. The molecule has 0 N–H and O–H groups in total. The number of halogens is 2. The van der Waals surface area contributed by atoms with E-state index in [-0.39, 0.29) is 0 Å². The summed E-state index contributed by atoms with van der Waals surface area (Å²) in [5.74, 6) is 0. The van der Waals surface area contributed by atoms with E-state index in [4.69, 9.17) is 33.3 Å². The van der Waals surface area contributed by atoms with Crippen molar-refractivity contribution in [1.82, 2.24) is 19.7 Å². The van der Waals surface area contributed by atoms with Gasteiger partial charge in [-0.3, -0.25) is 4.90 Å². The van der Waals surface area contributed by atoms with Crippen LogP contribution in [0.4, 0.5) is 0 Å². The molecule has 0 aliphatic carbocycles. The van der Waals surface area contributed by atoms with Crippen LogP contribution in [0.3, 0.4) is 0 Å². The average Bonchev–Trinajstić information content (AvgIpc) is 3.21. The molecule has 0 spiro atoms. The van der Waals surface area contributed by atoms with Crippen molar-refractivity contribution in [2.75, 3.05) is 13.6 Å². The monoisotopic (exact) mass is 510 g/mol. The van der Waals surface area contributed by atoms with Gasteiger partial charge in [0.25, 0.3) is 0 Å². The predicted octanol–water partition coefficient (Wildman–Crippen LogP) is 7.69. The summed E-state index contributed by atoms with van der Waals surface area (Å²) in [7, 11) is 2.15. The summed E-state index contributed by atoms with van der Waals surface area (Å²) >= 11 is 12.4.